The Kier molecular flexibility index (Phi) is 2.26. The fourth-order valence-corrected chi connectivity index (χ4v) is 2.97. The van der Waals surface area contributed by atoms with Gasteiger partial charge in [0.05, 0.1) is 7.11 Å². The maximum atomic E-state index is 13.0. The Morgan fingerprint density at radius 1 is 1.27 bits per heavy atom. The molecule has 0 bridgehead atoms. The summed E-state index contributed by atoms with van der Waals surface area (Å²) in [6, 6.07) is 0. The van der Waals surface area contributed by atoms with Crippen molar-refractivity contribution in [1.29, 1.82) is 0 Å². The van der Waals surface area contributed by atoms with Crippen LogP contribution >= 0.6 is 0 Å². The van der Waals surface area contributed by atoms with Crippen LogP contribution in [0.25, 0.3) is 0 Å². The van der Waals surface area contributed by atoms with E-state index in [0.29, 0.717) is 0 Å². The Hall–Kier alpha value is -0.710. The van der Waals surface area contributed by atoms with E-state index in [1.807, 2.05) is 0 Å². The quantitative estimate of drug-likeness (QED) is 0.678. The van der Waals surface area contributed by atoms with Crippen molar-refractivity contribution in [3.8, 4) is 0 Å². The second kappa shape index (κ2) is 3.14. The van der Waals surface area contributed by atoms with Gasteiger partial charge in [0, 0.05) is 12.8 Å². The predicted octanol–water partition coefficient (Wildman–Crippen LogP) is 1.35. The van der Waals surface area contributed by atoms with Gasteiger partial charge in [-0.05, 0) is 24.7 Å². The zero-order valence-electron chi connectivity index (χ0n) is 8.50. The van der Waals surface area contributed by atoms with Gasteiger partial charge in [-0.1, -0.05) is 0 Å². The molecular formula is C10H14F2O3. The Labute approximate surface area is 86.4 Å². The van der Waals surface area contributed by atoms with Crippen LogP contribution in [0.5, 0.6) is 0 Å². The molecule has 0 saturated heterocycles. The van der Waals surface area contributed by atoms with E-state index in [1.165, 1.54) is 7.11 Å². The largest absolute Gasteiger partial charge is 0.467 e. The fourth-order valence-electron chi connectivity index (χ4n) is 2.97. The predicted molar refractivity (Wildman–Crippen MR) is 47.4 cm³/mol. The number of aliphatic hydroxyl groups is 1. The van der Waals surface area contributed by atoms with E-state index in [2.05, 4.69) is 4.74 Å². The summed E-state index contributed by atoms with van der Waals surface area (Å²) >= 11 is 0. The molecule has 0 aromatic rings. The molecule has 0 aliphatic heterocycles. The molecule has 2 saturated carbocycles. The second-order valence-corrected chi connectivity index (χ2v) is 4.72. The minimum Gasteiger partial charge on any atom is -0.467 e. The van der Waals surface area contributed by atoms with E-state index in [4.69, 9.17) is 0 Å². The van der Waals surface area contributed by atoms with Gasteiger partial charge in [-0.3, -0.25) is 0 Å². The van der Waals surface area contributed by atoms with Crippen LogP contribution < -0.4 is 0 Å². The lowest BCUT2D eigenvalue weighted by molar-refractivity contribution is -0.162. The van der Waals surface area contributed by atoms with Crippen LogP contribution in [0.4, 0.5) is 8.78 Å². The minimum atomic E-state index is -2.62. The summed E-state index contributed by atoms with van der Waals surface area (Å²) in [5.41, 5.74) is -1.53. The van der Waals surface area contributed by atoms with Crippen LogP contribution in [0.1, 0.15) is 25.7 Å². The molecule has 3 nitrogen and oxygen atoms in total. The van der Waals surface area contributed by atoms with Crippen molar-refractivity contribution in [3.05, 3.63) is 0 Å². The third kappa shape index (κ3) is 1.73. The third-order valence-corrected chi connectivity index (χ3v) is 3.55. The smallest absolute Gasteiger partial charge is 0.337 e. The summed E-state index contributed by atoms with van der Waals surface area (Å²) in [4.78, 5) is 11.3. The highest BCUT2D eigenvalue weighted by molar-refractivity contribution is 5.79. The number of hydrogen-bond acceptors (Lipinski definition) is 3. The highest BCUT2D eigenvalue weighted by atomic mass is 19.3. The second-order valence-electron chi connectivity index (χ2n) is 4.72. The van der Waals surface area contributed by atoms with Crippen molar-refractivity contribution in [3.63, 3.8) is 0 Å². The summed E-state index contributed by atoms with van der Waals surface area (Å²) in [6.07, 6.45) is -0.201. The van der Waals surface area contributed by atoms with Crippen LogP contribution in [0.3, 0.4) is 0 Å². The SMILES string of the molecule is COC(=O)C1(O)C[C@H]2CC(F)(F)C[C@H]2C1. The van der Waals surface area contributed by atoms with Crippen molar-refractivity contribution < 1.29 is 23.4 Å². The van der Waals surface area contributed by atoms with Crippen LogP contribution in [-0.2, 0) is 9.53 Å². The molecule has 5 heteroatoms. The molecule has 15 heavy (non-hydrogen) atoms. The summed E-state index contributed by atoms with van der Waals surface area (Å²) in [5.74, 6) is -3.80. The lowest BCUT2D eigenvalue weighted by Gasteiger charge is -2.21. The summed E-state index contributed by atoms with van der Waals surface area (Å²) < 4.78 is 30.5. The molecule has 0 radical (unpaired) electrons. The van der Waals surface area contributed by atoms with Gasteiger partial charge in [-0.15, -0.1) is 0 Å². The number of esters is 1. The van der Waals surface area contributed by atoms with Gasteiger partial charge >= 0.3 is 5.97 Å². The van der Waals surface area contributed by atoms with Crippen molar-refractivity contribution >= 4 is 5.97 Å². The molecule has 86 valence electrons. The van der Waals surface area contributed by atoms with Crippen LogP contribution in [-0.4, -0.2) is 29.7 Å². The van der Waals surface area contributed by atoms with Gasteiger partial charge in [-0.25, -0.2) is 13.6 Å². The van der Waals surface area contributed by atoms with Crippen molar-refractivity contribution in [2.45, 2.75) is 37.2 Å². The Morgan fingerprint density at radius 2 is 1.73 bits per heavy atom. The number of carbonyl (C=O) groups excluding carboxylic acids is 1. The number of ether oxygens (including phenoxy) is 1. The molecule has 1 N–H and O–H groups in total. The molecule has 0 aromatic carbocycles. The van der Waals surface area contributed by atoms with Crippen molar-refractivity contribution in [1.82, 2.24) is 0 Å². The maximum Gasteiger partial charge on any atom is 0.337 e. The molecule has 2 aliphatic carbocycles. The molecule has 1 unspecified atom stereocenters. The van der Waals surface area contributed by atoms with E-state index in [1.54, 1.807) is 0 Å². The molecule has 0 aromatic heterocycles. The van der Waals surface area contributed by atoms with Gasteiger partial charge in [0.2, 0.25) is 5.92 Å². The average Bonchev–Trinajstić information content (AvgIpc) is 2.53. The molecule has 2 rings (SSSR count). The normalized spacial score (nSPS) is 42.7. The molecule has 0 amide bonds. The van der Waals surface area contributed by atoms with Crippen LogP contribution in [0.15, 0.2) is 0 Å². The van der Waals surface area contributed by atoms with Crippen molar-refractivity contribution in [2.24, 2.45) is 11.8 Å². The molecule has 3 atom stereocenters. The van der Waals surface area contributed by atoms with E-state index in [-0.39, 0.29) is 37.5 Å². The zero-order valence-corrected chi connectivity index (χ0v) is 8.50. The first-order valence-corrected chi connectivity index (χ1v) is 5.05. The van der Waals surface area contributed by atoms with Gasteiger partial charge in [0.15, 0.2) is 5.60 Å². The number of carbonyl (C=O) groups is 1. The molecule has 0 spiro atoms. The Bertz CT molecular complexity index is 274. The number of rotatable bonds is 1. The van der Waals surface area contributed by atoms with E-state index < -0.39 is 17.5 Å². The standard InChI is InChI=1S/C10H14F2O3/c1-15-8(13)9(14)2-6-4-10(11,12)5-7(6)3-9/h6-7,14H,2-5H2,1H3/t6-,7+,9?. The lowest BCUT2D eigenvalue weighted by atomic mass is 9.97. The van der Waals surface area contributed by atoms with Gasteiger partial charge in [0.1, 0.15) is 0 Å². The van der Waals surface area contributed by atoms with Gasteiger partial charge in [0.25, 0.3) is 0 Å². The number of fused-ring (bicyclic) bond motifs is 1. The monoisotopic (exact) mass is 220 g/mol. The third-order valence-electron chi connectivity index (χ3n) is 3.55. The first-order valence-electron chi connectivity index (χ1n) is 5.05. The van der Waals surface area contributed by atoms with Crippen LogP contribution in [0, 0.1) is 11.8 Å². The minimum absolute atomic E-state index is 0.111. The Morgan fingerprint density at radius 3 is 2.13 bits per heavy atom. The maximum absolute atomic E-state index is 13.0. The van der Waals surface area contributed by atoms with E-state index in [9.17, 15) is 18.7 Å². The van der Waals surface area contributed by atoms with E-state index in [0.717, 1.165) is 0 Å². The highest BCUT2D eigenvalue weighted by Gasteiger charge is 2.57. The zero-order chi connectivity index (χ0) is 11.3. The lowest BCUT2D eigenvalue weighted by Crippen LogP contribution is -2.38. The topological polar surface area (TPSA) is 46.5 Å². The number of halogens is 2. The molecular weight excluding hydrogens is 206 g/mol. The first-order chi connectivity index (χ1) is 6.86. The first kappa shape index (κ1) is 10.8. The van der Waals surface area contributed by atoms with Gasteiger partial charge in [-0.2, -0.15) is 0 Å². The van der Waals surface area contributed by atoms with E-state index >= 15 is 0 Å². The number of alkyl halides is 2. The van der Waals surface area contributed by atoms with Crippen molar-refractivity contribution in [2.75, 3.05) is 7.11 Å². The summed E-state index contributed by atoms with van der Waals surface area (Å²) in [6.45, 7) is 0. The summed E-state index contributed by atoms with van der Waals surface area (Å²) in [7, 11) is 1.20. The highest BCUT2D eigenvalue weighted by Crippen LogP contribution is 2.54. The Balaban J connectivity index is 2.08. The number of methoxy groups -OCH3 is 1. The number of hydrogen-bond donors (Lipinski definition) is 1. The van der Waals surface area contributed by atoms with Gasteiger partial charge < -0.3 is 9.84 Å². The van der Waals surface area contributed by atoms with Crippen LogP contribution in [0.2, 0.25) is 0 Å². The molecule has 2 aliphatic rings. The average molecular weight is 220 g/mol. The summed E-state index contributed by atoms with van der Waals surface area (Å²) in [5, 5.41) is 9.92. The molecule has 0 heterocycles. The molecule has 2 fully saturated rings. The fraction of sp³-hybridized carbons (Fsp3) is 0.900.